The molecule has 0 radical (unpaired) electrons. The van der Waals surface area contributed by atoms with Gasteiger partial charge in [0.1, 0.15) is 0 Å². The van der Waals surface area contributed by atoms with Crippen LogP contribution >= 0.6 is 43.2 Å². The van der Waals surface area contributed by atoms with Gasteiger partial charge in [0.25, 0.3) is 0 Å². The van der Waals surface area contributed by atoms with Crippen LogP contribution in [0.5, 0.6) is 0 Å². The standard InChI is InChI=1S/C15H17Br2NS/c1-2-18-10-11(9-15-14(17)7-8-19-15)12-5-3-4-6-13(12)16/h3-8,11,18H,2,9-10H2,1H3. The van der Waals surface area contributed by atoms with Crippen molar-refractivity contribution >= 4 is 43.2 Å². The Kier molecular flexibility index (Phi) is 6.07. The van der Waals surface area contributed by atoms with Gasteiger partial charge in [0.2, 0.25) is 0 Å². The molecule has 1 heterocycles. The Bertz CT molecular complexity index is 524. The lowest BCUT2D eigenvalue weighted by Gasteiger charge is -2.19. The third-order valence-electron chi connectivity index (χ3n) is 3.11. The molecule has 0 bridgehead atoms. The lowest BCUT2D eigenvalue weighted by atomic mass is 9.95. The highest BCUT2D eigenvalue weighted by Crippen LogP contribution is 2.32. The van der Waals surface area contributed by atoms with Crippen molar-refractivity contribution in [2.45, 2.75) is 19.3 Å². The Morgan fingerprint density at radius 3 is 2.58 bits per heavy atom. The fraction of sp³-hybridized carbons (Fsp3) is 0.333. The van der Waals surface area contributed by atoms with Crippen molar-refractivity contribution in [2.24, 2.45) is 0 Å². The predicted molar refractivity (Wildman–Crippen MR) is 91.1 cm³/mol. The average Bonchev–Trinajstić information content (AvgIpc) is 2.81. The second kappa shape index (κ2) is 7.58. The molecule has 0 aliphatic rings. The summed E-state index contributed by atoms with van der Waals surface area (Å²) in [5.41, 5.74) is 1.38. The number of halogens is 2. The van der Waals surface area contributed by atoms with Crippen molar-refractivity contribution in [3.8, 4) is 0 Å². The van der Waals surface area contributed by atoms with Crippen LogP contribution in [0.1, 0.15) is 23.3 Å². The van der Waals surface area contributed by atoms with Crippen LogP contribution in [-0.2, 0) is 6.42 Å². The van der Waals surface area contributed by atoms with E-state index in [9.17, 15) is 0 Å². The van der Waals surface area contributed by atoms with Gasteiger partial charge < -0.3 is 5.32 Å². The minimum Gasteiger partial charge on any atom is -0.316 e. The normalized spacial score (nSPS) is 12.6. The number of benzene rings is 1. The van der Waals surface area contributed by atoms with Crippen LogP contribution in [0.4, 0.5) is 0 Å². The van der Waals surface area contributed by atoms with E-state index in [0.717, 1.165) is 19.5 Å². The third kappa shape index (κ3) is 4.15. The Hall–Kier alpha value is -0.160. The average molecular weight is 403 g/mol. The van der Waals surface area contributed by atoms with Gasteiger partial charge in [0.05, 0.1) is 0 Å². The van der Waals surface area contributed by atoms with Gasteiger partial charge in [-0.2, -0.15) is 0 Å². The zero-order chi connectivity index (χ0) is 13.7. The number of thiophene rings is 1. The lowest BCUT2D eigenvalue weighted by Crippen LogP contribution is -2.22. The van der Waals surface area contributed by atoms with E-state index < -0.39 is 0 Å². The molecule has 1 nitrogen and oxygen atoms in total. The minimum absolute atomic E-state index is 0.491. The van der Waals surface area contributed by atoms with E-state index >= 15 is 0 Å². The maximum absolute atomic E-state index is 3.68. The monoisotopic (exact) mass is 401 g/mol. The maximum Gasteiger partial charge on any atom is 0.0314 e. The number of nitrogens with one attached hydrogen (secondary N) is 1. The van der Waals surface area contributed by atoms with E-state index in [-0.39, 0.29) is 0 Å². The van der Waals surface area contributed by atoms with Crippen LogP contribution in [0.15, 0.2) is 44.7 Å². The topological polar surface area (TPSA) is 12.0 Å². The van der Waals surface area contributed by atoms with E-state index in [0.29, 0.717) is 5.92 Å². The summed E-state index contributed by atoms with van der Waals surface area (Å²) in [5, 5.41) is 5.62. The Balaban J connectivity index is 2.21. The van der Waals surface area contributed by atoms with E-state index in [2.05, 4.69) is 79.8 Å². The molecule has 1 atom stereocenters. The Labute approximate surface area is 135 Å². The van der Waals surface area contributed by atoms with Crippen molar-refractivity contribution in [1.82, 2.24) is 5.32 Å². The van der Waals surface area contributed by atoms with Crippen LogP contribution in [0, 0.1) is 0 Å². The van der Waals surface area contributed by atoms with Gasteiger partial charge in [0, 0.05) is 26.3 Å². The van der Waals surface area contributed by atoms with Crippen molar-refractivity contribution in [3.05, 3.63) is 55.1 Å². The van der Waals surface area contributed by atoms with Gasteiger partial charge >= 0.3 is 0 Å². The molecule has 0 aliphatic carbocycles. The molecule has 1 unspecified atom stereocenters. The molecule has 1 N–H and O–H groups in total. The molecule has 0 spiro atoms. The van der Waals surface area contributed by atoms with Gasteiger partial charge in [0.15, 0.2) is 0 Å². The SMILES string of the molecule is CCNCC(Cc1sccc1Br)c1ccccc1Br. The molecule has 102 valence electrons. The molecule has 0 saturated carbocycles. The highest BCUT2D eigenvalue weighted by atomic mass is 79.9. The van der Waals surface area contributed by atoms with E-state index in [1.807, 2.05) is 11.3 Å². The fourth-order valence-electron chi connectivity index (χ4n) is 2.11. The Morgan fingerprint density at radius 2 is 1.95 bits per heavy atom. The van der Waals surface area contributed by atoms with Crippen molar-refractivity contribution in [3.63, 3.8) is 0 Å². The number of likely N-dealkylation sites (N-methyl/N-ethyl adjacent to an activating group) is 1. The van der Waals surface area contributed by atoms with Crippen LogP contribution in [0.3, 0.4) is 0 Å². The summed E-state index contributed by atoms with van der Waals surface area (Å²) < 4.78 is 2.43. The molecular formula is C15H17Br2NS. The second-order valence-corrected chi connectivity index (χ2v) is 7.13. The van der Waals surface area contributed by atoms with Crippen molar-refractivity contribution in [1.29, 1.82) is 0 Å². The summed E-state index contributed by atoms with van der Waals surface area (Å²) in [6, 6.07) is 10.6. The van der Waals surface area contributed by atoms with E-state index in [1.54, 1.807) is 0 Å². The van der Waals surface area contributed by atoms with Crippen LogP contribution in [0.25, 0.3) is 0 Å². The first-order chi connectivity index (χ1) is 9.22. The first-order valence-electron chi connectivity index (χ1n) is 6.39. The summed E-state index contributed by atoms with van der Waals surface area (Å²) in [4.78, 5) is 1.42. The predicted octanol–water partition coefficient (Wildman–Crippen LogP) is 5.21. The zero-order valence-corrected chi connectivity index (χ0v) is 14.8. The number of hydrogen-bond acceptors (Lipinski definition) is 2. The minimum atomic E-state index is 0.491. The number of rotatable bonds is 6. The van der Waals surface area contributed by atoms with Crippen molar-refractivity contribution < 1.29 is 0 Å². The molecule has 1 aromatic heterocycles. The zero-order valence-electron chi connectivity index (χ0n) is 10.8. The largest absolute Gasteiger partial charge is 0.316 e. The van der Waals surface area contributed by atoms with Crippen LogP contribution < -0.4 is 5.32 Å². The summed E-state index contributed by atoms with van der Waals surface area (Å²) in [5.74, 6) is 0.491. The van der Waals surface area contributed by atoms with Gasteiger partial charge in [-0.1, -0.05) is 41.1 Å². The summed E-state index contributed by atoms with van der Waals surface area (Å²) in [6.07, 6.45) is 1.06. The first-order valence-corrected chi connectivity index (χ1v) is 8.86. The van der Waals surface area contributed by atoms with Gasteiger partial charge in [-0.3, -0.25) is 0 Å². The van der Waals surface area contributed by atoms with Crippen molar-refractivity contribution in [2.75, 3.05) is 13.1 Å². The Morgan fingerprint density at radius 1 is 1.16 bits per heavy atom. The molecule has 0 amide bonds. The number of hydrogen-bond donors (Lipinski definition) is 1. The quantitative estimate of drug-likeness (QED) is 0.699. The van der Waals surface area contributed by atoms with Crippen LogP contribution in [-0.4, -0.2) is 13.1 Å². The molecule has 0 fully saturated rings. The van der Waals surface area contributed by atoms with E-state index in [1.165, 1.54) is 19.4 Å². The smallest absolute Gasteiger partial charge is 0.0314 e. The van der Waals surface area contributed by atoms with E-state index in [4.69, 9.17) is 0 Å². The van der Waals surface area contributed by atoms with Gasteiger partial charge in [-0.05, 0) is 52.0 Å². The summed E-state index contributed by atoms with van der Waals surface area (Å²) >= 11 is 9.13. The molecule has 2 aromatic rings. The highest BCUT2D eigenvalue weighted by molar-refractivity contribution is 9.10. The molecule has 1 aromatic carbocycles. The lowest BCUT2D eigenvalue weighted by molar-refractivity contribution is 0.596. The summed E-state index contributed by atoms with van der Waals surface area (Å²) in [6.45, 7) is 4.16. The molecule has 0 aliphatic heterocycles. The summed E-state index contributed by atoms with van der Waals surface area (Å²) in [7, 11) is 0. The molecular weight excluding hydrogens is 386 g/mol. The second-order valence-electron chi connectivity index (χ2n) is 4.42. The maximum atomic E-state index is 3.68. The fourth-order valence-corrected chi connectivity index (χ4v) is 4.32. The van der Waals surface area contributed by atoms with Gasteiger partial charge in [-0.15, -0.1) is 11.3 Å². The third-order valence-corrected chi connectivity index (χ3v) is 5.78. The van der Waals surface area contributed by atoms with Crippen LogP contribution in [0.2, 0.25) is 0 Å². The molecule has 4 heteroatoms. The van der Waals surface area contributed by atoms with Gasteiger partial charge in [-0.25, -0.2) is 0 Å². The first kappa shape index (κ1) is 15.2. The molecule has 2 rings (SSSR count). The highest BCUT2D eigenvalue weighted by Gasteiger charge is 2.16. The molecule has 0 saturated heterocycles. The molecule has 19 heavy (non-hydrogen) atoms.